The lowest BCUT2D eigenvalue weighted by Gasteiger charge is -2.37. The Kier molecular flexibility index (Phi) is 4.11. The number of rotatable bonds is 4. The molecule has 0 aliphatic heterocycles. The Morgan fingerprint density at radius 3 is 2.33 bits per heavy atom. The van der Waals surface area contributed by atoms with Crippen molar-refractivity contribution in [2.45, 2.75) is 38.2 Å². The van der Waals surface area contributed by atoms with Crippen molar-refractivity contribution in [1.82, 2.24) is 0 Å². The van der Waals surface area contributed by atoms with Gasteiger partial charge in [-0.15, -0.1) is 0 Å². The minimum absolute atomic E-state index is 0.0122. The topological polar surface area (TPSA) is 101 Å². The summed E-state index contributed by atoms with van der Waals surface area (Å²) in [5.74, 6) is -4.76. The van der Waals surface area contributed by atoms with Gasteiger partial charge in [-0.2, -0.15) is 0 Å². The summed E-state index contributed by atoms with van der Waals surface area (Å²) in [5.41, 5.74) is -1.93. The maximum absolute atomic E-state index is 11.5. The predicted octanol–water partition coefficient (Wildman–Crippen LogP) is 1.20. The number of carbonyl (C=O) groups excluding carboxylic acids is 1. The van der Waals surface area contributed by atoms with Crippen molar-refractivity contribution >= 4 is 17.9 Å². The molecule has 2 unspecified atom stereocenters. The number of hydrogen-bond donors (Lipinski definition) is 2. The summed E-state index contributed by atoms with van der Waals surface area (Å²) in [6, 6.07) is 0. The van der Waals surface area contributed by atoms with E-state index >= 15 is 0 Å². The molecule has 0 aromatic heterocycles. The maximum Gasteiger partial charge on any atom is 0.349 e. The second kappa shape index (κ2) is 5.20. The van der Waals surface area contributed by atoms with Gasteiger partial charge in [-0.1, -0.05) is 13.0 Å². The van der Waals surface area contributed by atoms with Crippen molar-refractivity contribution in [2.24, 2.45) is 5.92 Å². The summed E-state index contributed by atoms with van der Waals surface area (Å²) in [4.78, 5) is 34.0. The molecular formula is C12H16O6. The number of esters is 1. The summed E-state index contributed by atoms with van der Waals surface area (Å²) in [6.07, 6.45) is 1.32. The minimum atomic E-state index is -1.97. The summed E-state index contributed by atoms with van der Waals surface area (Å²) >= 11 is 0. The summed E-state index contributed by atoms with van der Waals surface area (Å²) in [6.45, 7) is 4.75. The smallest absolute Gasteiger partial charge is 0.349 e. The molecule has 6 nitrogen and oxygen atoms in total. The molecule has 1 aliphatic rings. The first kappa shape index (κ1) is 14.2. The highest BCUT2D eigenvalue weighted by Gasteiger charge is 2.54. The van der Waals surface area contributed by atoms with E-state index in [-0.39, 0.29) is 18.4 Å². The van der Waals surface area contributed by atoms with Gasteiger partial charge in [0, 0.05) is 5.57 Å². The molecular weight excluding hydrogens is 240 g/mol. The fourth-order valence-electron chi connectivity index (χ4n) is 2.14. The third kappa shape index (κ3) is 2.52. The predicted molar refractivity (Wildman–Crippen MR) is 60.9 cm³/mol. The highest BCUT2D eigenvalue weighted by Crippen LogP contribution is 2.38. The molecule has 2 atom stereocenters. The number of hydrogen-bond acceptors (Lipinski definition) is 4. The van der Waals surface area contributed by atoms with E-state index in [0.717, 1.165) is 0 Å². The Balaban J connectivity index is 3.10. The molecule has 1 fully saturated rings. The number of ether oxygens (including phenoxy) is 1. The highest BCUT2D eigenvalue weighted by atomic mass is 16.6. The van der Waals surface area contributed by atoms with Gasteiger partial charge in [0.1, 0.15) is 5.92 Å². The molecule has 0 aromatic rings. The number of carbonyl (C=O) groups is 3. The Hall–Kier alpha value is -1.85. The van der Waals surface area contributed by atoms with Crippen molar-refractivity contribution in [1.29, 1.82) is 0 Å². The van der Waals surface area contributed by atoms with Gasteiger partial charge in [-0.05, 0) is 26.2 Å². The summed E-state index contributed by atoms with van der Waals surface area (Å²) in [7, 11) is 0. The van der Waals surface area contributed by atoms with Gasteiger partial charge in [-0.3, -0.25) is 4.79 Å². The van der Waals surface area contributed by atoms with Crippen LogP contribution in [0.2, 0.25) is 0 Å². The lowest BCUT2D eigenvalue weighted by Crippen LogP contribution is -2.54. The molecule has 1 aliphatic carbocycles. The van der Waals surface area contributed by atoms with Crippen LogP contribution in [-0.2, 0) is 19.1 Å². The van der Waals surface area contributed by atoms with Crippen molar-refractivity contribution in [3.8, 4) is 0 Å². The molecule has 0 aromatic carbocycles. The molecule has 0 spiro atoms. The normalized spacial score (nSPS) is 27.3. The Morgan fingerprint density at radius 1 is 1.28 bits per heavy atom. The fourth-order valence-corrected chi connectivity index (χ4v) is 2.14. The fraction of sp³-hybridized carbons (Fsp3) is 0.583. The van der Waals surface area contributed by atoms with E-state index in [1.165, 1.54) is 6.92 Å². The highest BCUT2D eigenvalue weighted by molar-refractivity contribution is 5.93. The quantitative estimate of drug-likeness (QED) is 0.579. The summed E-state index contributed by atoms with van der Waals surface area (Å²) in [5, 5.41) is 18.4. The Labute approximate surface area is 104 Å². The van der Waals surface area contributed by atoms with Crippen LogP contribution in [0.15, 0.2) is 12.2 Å². The van der Waals surface area contributed by atoms with E-state index in [9.17, 15) is 19.5 Å². The van der Waals surface area contributed by atoms with E-state index in [1.807, 2.05) is 0 Å². The summed E-state index contributed by atoms with van der Waals surface area (Å²) < 4.78 is 4.96. The number of carboxylic acids is 2. The third-order valence-electron chi connectivity index (χ3n) is 3.14. The van der Waals surface area contributed by atoms with Crippen LogP contribution in [0.3, 0.4) is 0 Å². The van der Waals surface area contributed by atoms with Crippen molar-refractivity contribution in [3.05, 3.63) is 12.2 Å². The SMILES string of the molecule is C=C(C)C(=O)OC1(C(=O)O)CCCCC1C(=O)O. The zero-order valence-electron chi connectivity index (χ0n) is 10.1. The van der Waals surface area contributed by atoms with Crippen LogP contribution in [-0.4, -0.2) is 33.7 Å². The van der Waals surface area contributed by atoms with E-state index in [0.29, 0.717) is 12.8 Å². The van der Waals surface area contributed by atoms with E-state index in [4.69, 9.17) is 9.84 Å². The Morgan fingerprint density at radius 2 is 1.89 bits per heavy atom. The lowest BCUT2D eigenvalue weighted by molar-refractivity contribution is -0.193. The third-order valence-corrected chi connectivity index (χ3v) is 3.14. The average molecular weight is 256 g/mol. The monoisotopic (exact) mass is 256 g/mol. The van der Waals surface area contributed by atoms with Crippen molar-refractivity contribution in [2.75, 3.05) is 0 Å². The van der Waals surface area contributed by atoms with Crippen molar-refractivity contribution in [3.63, 3.8) is 0 Å². The van der Waals surface area contributed by atoms with Crippen LogP contribution in [0.4, 0.5) is 0 Å². The van der Waals surface area contributed by atoms with Crippen LogP contribution in [0, 0.1) is 5.92 Å². The first-order valence-corrected chi connectivity index (χ1v) is 5.66. The molecule has 100 valence electrons. The van der Waals surface area contributed by atoms with Gasteiger partial charge in [0.25, 0.3) is 0 Å². The maximum atomic E-state index is 11.5. The molecule has 1 saturated carbocycles. The average Bonchev–Trinajstić information content (AvgIpc) is 2.28. The first-order valence-electron chi connectivity index (χ1n) is 5.66. The van der Waals surface area contributed by atoms with Gasteiger partial charge in [0.15, 0.2) is 0 Å². The molecule has 0 radical (unpaired) electrons. The molecule has 2 N–H and O–H groups in total. The van der Waals surface area contributed by atoms with Crippen LogP contribution in [0.5, 0.6) is 0 Å². The number of carboxylic acid groups (broad SMARTS) is 2. The zero-order chi connectivity index (χ0) is 13.9. The second-order valence-corrected chi connectivity index (χ2v) is 4.50. The standard InChI is InChI=1S/C12H16O6/c1-7(2)10(15)18-12(11(16)17)6-4-3-5-8(12)9(13)14/h8H,1,3-6H2,2H3,(H,13,14)(H,16,17). The van der Waals surface area contributed by atoms with Crippen LogP contribution >= 0.6 is 0 Å². The Bertz CT molecular complexity index is 399. The largest absolute Gasteiger partial charge is 0.481 e. The van der Waals surface area contributed by atoms with E-state index in [2.05, 4.69) is 6.58 Å². The second-order valence-electron chi connectivity index (χ2n) is 4.50. The molecule has 0 saturated heterocycles. The van der Waals surface area contributed by atoms with Crippen molar-refractivity contribution < 1.29 is 29.3 Å². The molecule has 0 bridgehead atoms. The molecule has 0 amide bonds. The van der Waals surface area contributed by atoms with Gasteiger partial charge in [0.2, 0.25) is 5.60 Å². The van der Waals surface area contributed by atoms with Gasteiger partial charge < -0.3 is 14.9 Å². The van der Waals surface area contributed by atoms with Crippen LogP contribution < -0.4 is 0 Å². The lowest BCUT2D eigenvalue weighted by atomic mass is 9.75. The van der Waals surface area contributed by atoms with Gasteiger partial charge in [0.05, 0.1) is 0 Å². The molecule has 6 heteroatoms. The molecule has 0 heterocycles. The van der Waals surface area contributed by atoms with Crippen LogP contribution in [0.25, 0.3) is 0 Å². The van der Waals surface area contributed by atoms with Gasteiger partial charge in [-0.25, -0.2) is 9.59 Å². The van der Waals surface area contributed by atoms with Crippen LogP contribution in [0.1, 0.15) is 32.6 Å². The molecule has 1 rings (SSSR count). The first-order chi connectivity index (χ1) is 8.31. The van der Waals surface area contributed by atoms with Gasteiger partial charge >= 0.3 is 17.9 Å². The zero-order valence-corrected chi connectivity index (χ0v) is 10.1. The minimum Gasteiger partial charge on any atom is -0.481 e. The van der Waals surface area contributed by atoms with E-state index < -0.39 is 29.4 Å². The number of aliphatic carboxylic acids is 2. The molecule has 18 heavy (non-hydrogen) atoms. The van der Waals surface area contributed by atoms with E-state index in [1.54, 1.807) is 0 Å².